The summed E-state index contributed by atoms with van der Waals surface area (Å²) in [6.07, 6.45) is 0. The van der Waals surface area contributed by atoms with Crippen molar-refractivity contribution >= 4 is 41.1 Å². The Hall–Kier alpha value is 3.99. The number of hydrogen-bond donors (Lipinski definition) is 0. The van der Waals surface area contributed by atoms with Gasteiger partial charge in [-0.3, -0.25) is 0 Å². The zero-order valence-electron chi connectivity index (χ0n) is 4.89. The van der Waals surface area contributed by atoms with Gasteiger partial charge >= 0.3 is 43.6 Å². The van der Waals surface area contributed by atoms with Gasteiger partial charge in [-0.1, -0.05) is 0 Å². The maximum absolute atomic E-state index is 4.26. The van der Waals surface area contributed by atoms with Gasteiger partial charge in [0.1, 0.15) is 0 Å². The number of rotatable bonds is 0. The third-order valence-corrected chi connectivity index (χ3v) is 0. The van der Waals surface area contributed by atoms with E-state index in [2.05, 4.69) is 27.6 Å². The molecule has 0 saturated heterocycles. The normalized spacial score (nSPS) is 1.50. The molecule has 0 bridgehead atoms. The average Bonchev–Trinajstić information content (AvgIpc) is 0.918. The Balaban J connectivity index is -0.000000000556. The summed E-state index contributed by atoms with van der Waals surface area (Å²) in [5.41, 5.74) is 0. The Morgan fingerprint density at radius 3 is 0.583 bits per heavy atom. The summed E-state index contributed by atoms with van der Waals surface area (Å²) >= 11 is 8.53. The van der Waals surface area contributed by atoms with Crippen molar-refractivity contribution < 1.29 is 117 Å². The van der Waals surface area contributed by atoms with Crippen LogP contribution in [0.3, 0.4) is 0 Å². The second kappa shape index (κ2) is 118. The minimum absolute atomic E-state index is 0. The van der Waals surface area contributed by atoms with Crippen LogP contribution >= 0.6 is 23.7 Å². The van der Waals surface area contributed by atoms with Gasteiger partial charge in [0, 0.05) is 0 Å². The largest absolute Gasteiger partial charge is 4.00 e. The monoisotopic (exact) mass is 448 g/mol. The second-order valence-corrected chi connectivity index (χ2v) is 0.525. The zero-order chi connectivity index (χ0) is 2.71. The Kier molecular flexibility index (Phi) is 985. The van der Waals surface area contributed by atoms with Gasteiger partial charge in [0.15, 0.2) is 0 Å². The van der Waals surface area contributed by atoms with Crippen molar-refractivity contribution in [1.29, 1.82) is 0 Å². The van der Waals surface area contributed by atoms with Crippen LogP contribution in [0.25, 0.3) is 0 Å². The van der Waals surface area contributed by atoms with Crippen molar-refractivity contribution in [2.75, 3.05) is 0 Å². The molecule has 0 N–H and O–H groups in total. The molecule has 0 aliphatic heterocycles. The van der Waals surface area contributed by atoms with Crippen molar-refractivity contribution in [1.82, 2.24) is 0 Å². The van der Waals surface area contributed by atoms with E-state index >= 15 is 0 Å². The molecule has 0 aromatic rings. The molecule has 0 aliphatic carbocycles. The van der Waals surface area contributed by atoms with Gasteiger partial charge in [0.25, 0.3) is 0 Å². The van der Waals surface area contributed by atoms with E-state index in [1.54, 1.807) is 0 Å². The van der Waals surface area contributed by atoms with Gasteiger partial charge in [-0.2, -0.15) is 3.84 Å². The van der Waals surface area contributed by atoms with Crippen LogP contribution < -0.4 is 86.8 Å². The first-order valence-electron chi connectivity index (χ1n) is 0.309. The van der Waals surface area contributed by atoms with Gasteiger partial charge in [-0.15, -0.1) is 0 Å². The Labute approximate surface area is 156 Å². The van der Waals surface area contributed by atoms with E-state index in [0.29, 0.717) is 0 Å². The average molecular weight is 453 g/mol. The van der Waals surface area contributed by atoms with E-state index in [-0.39, 0.29) is 130 Å². The second-order valence-electron chi connectivity index (χ2n) is 0.0583. The minimum atomic E-state index is 0. The molecule has 0 atom stereocenters. The van der Waals surface area contributed by atoms with Gasteiger partial charge in [0.05, 0.1) is 23.7 Å². The van der Waals surface area contributed by atoms with E-state index in [9.17, 15) is 0 Å². The zero-order valence-corrected chi connectivity index (χ0v) is 15.3. The molecule has 0 rings (SSSR count). The molecule has 0 fully saturated rings. The van der Waals surface area contributed by atoms with Crippen LogP contribution in [0.2, 0.25) is 0 Å². The van der Waals surface area contributed by atoms with Crippen molar-refractivity contribution in [2.24, 2.45) is 0 Å². The Morgan fingerprint density at radius 2 is 0.583 bits per heavy atom. The molecular weight excluding hydrogens is 453 g/mol. The molecule has 0 radical (unpaired) electrons. The molecule has 76 valence electrons. The molecule has 12 heavy (non-hydrogen) atoms. The number of halogens is 9. The fourth-order valence-corrected chi connectivity index (χ4v) is 0. The summed E-state index contributed by atoms with van der Waals surface area (Å²) in [7, 11) is 0. The molecule has 0 aliphatic rings. The molecular formula is AlCl9OZr. The van der Waals surface area contributed by atoms with Crippen molar-refractivity contribution in [3.05, 3.63) is 0 Å². The first-order chi connectivity index (χ1) is 1.41. The van der Waals surface area contributed by atoms with Crippen LogP contribution in [0.5, 0.6) is 0 Å². The smallest absolute Gasteiger partial charge is 1.00 e. The van der Waals surface area contributed by atoms with Gasteiger partial charge in [-0.05, 0) is 0 Å². The van der Waals surface area contributed by atoms with Crippen molar-refractivity contribution in [3.63, 3.8) is 0 Å². The van der Waals surface area contributed by atoms with Gasteiger partial charge in [-0.25, -0.2) is 0 Å². The van der Waals surface area contributed by atoms with E-state index < -0.39 is 0 Å². The molecule has 0 amide bonds. The van der Waals surface area contributed by atoms with E-state index in [1.807, 2.05) is 0 Å². The summed E-state index contributed by atoms with van der Waals surface area (Å²) < 4.78 is 3.19. The standard InChI is InChI=1S/Al.Cl2O.7ClH.Zr/c;1-3-2;;;;;;;;/h;;7*1H;/q+3;;;;;;;;;+4/p-7. The van der Waals surface area contributed by atoms with E-state index in [0.717, 1.165) is 0 Å². The molecule has 0 aromatic carbocycles. The summed E-state index contributed by atoms with van der Waals surface area (Å²) in [4.78, 5) is 0. The summed E-state index contributed by atoms with van der Waals surface area (Å²) in [6, 6.07) is 0. The predicted molar refractivity (Wildman–Crippen MR) is 18.5 cm³/mol. The fourth-order valence-electron chi connectivity index (χ4n) is 0. The number of hydrogen-bond acceptors (Lipinski definition) is 1. The first kappa shape index (κ1) is 100. The quantitative estimate of drug-likeness (QED) is 0.332. The third kappa shape index (κ3) is 148. The molecule has 1 nitrogen and oxygen atoms in total. The van der Waals surface area contributed by atoms with Crippen LogP contribution in [0.15, 0.2) is 0 Å². The van der Waals surface area contributed by atoms with Crippen LogP contribution in [0.4, 0.5) is 0 Å². The van der Waals surface area contributed by atoms with Gasteiger partial charge in [0.2, 0.25) is 0 Å². The van der Waals surface area contributed by atoms with E-state index in [4.69, 9.17) is 0 Å². The van der Waals surface area contributed by atoms with Crippen LogP contribution in [-0.2, 0) is 30.0 Å². The van der Waals surface area contributed by atoms with E-state index in [1.165, 1.54) is 0 Å². The molecule has 0 saturated carbocycles. The van der Waals surface area contributed by atoms with Crippen molar-refractivity contribution in [3.8, 4) is 0 Å². The molecule has 0 unspecified atom stereocenters. The Morgan fingerprint density at radius 1 is 0.583 bits per heavy atom. The van der Waals surface area contributed by atoms with Crippen molar-refractivity contribution in [2.45, 2.75) is 0 Å². The Bertz CT molecular complexity index is 14.5. The van der Waals surface area contributed by atoms with Crippen LogP contribution in [0.1, 0.15) is 0 Å². The van der Waals surface area contributed by atoms with Gasteiger partial charge < -0.3 is 86.8 Å². The minimum Gasteiger partial charge on any atom is -1.00 e. The topological polar surface area (TPSA) is 9.23 Å². The third-order valence-electron chi connectivity index (χ3n) is 0. The van der Waals surface area contributed by atoms with Crippen LogP contribution in [-0.4, -0.2) is 17.4 Å². The summed E-state index contributed by atoms with van der Waals surface area (Å²) in [5.74, 6) is 0. The molecule has 12 heteroatoms. The molecule has 0 aromatic heterocycles. The SMILES string of the molecule is ClOCl.[Al+3].[Cl-].[Cl-].[Cl-].[Cl-].[Cl-].[Cl-].[Cl-].[Zr+4]. The van der Waals surface area contributed by atoms with Crippen LogP contribution in [0, 0.1) is 0 Å². The molecule has 0 heterocycles. The molecule has 0 spiro atoms. The maximum Gasteiger partial charge on any atom is 4.00 e. The summed E-state index contributed by atoms with van der Waals surface area (Å²) in [6.45, 7) is 0. The first-order valence-corrected chi connectivity index (χ1v) is 0.926. The maximum atomic E-state index is 4.26. The summed E-state index contributed by atoms with van der Waals surface area (Å²) in [5, 5.41) is 0. The predicted octanol–water partition coefficient (Wildman–Crippen LogP) is -20.0. The fraction of sp³-hybridized carbons (Fsp3) is 0.